The van der Waals surface area contributed by atoms with E-state index in [0.717, 1.165) is 13.8 Å². The maximum Gasteiger partial charge on any atom is 0.397 e. The molecule has 0 aromatic rings. The molecular weight excluding hydrogens is 532 g/mol. The molecule has 1 nitrogen and oxygen atoms in total. The lowest BCUT2D eigenvalue weighted by molar-refractivity contribution is -0.229. The average molecular weight is 562 g/mol. The summed E-state index contributed by atoms with van der Waals surface area (Å²) >= 11 is 0. The molecule has 216 valence electrons. The van der Waals surface area contributed by atoms with Gasteiger partial charge in [-0.3, -0.25) is 0 Å². The maximum absolute atomic E-state index is 13.9. The van der Waals surface area contributed by atoms with Gasteiger partial charge in [0.1, 0.15) is 0 Å². The summed E-state index contributed by atoms with van der Waals surface area (Å²) in [6, 6.07) is 0. The fourth-order valence-electron chi connectivity index (χ4n) is 5.37. The van der Waals surface area contributed by atoms with Gasteiger partial charge in [-0.25, -0.2) is 0 Å². The molecular formula is C24H30F12O. The van der Waals surface area contributed by atoms with Crippen LogP contribution in [0.25, 0.3) is 0 Å². The molecule has 0 aliphatic heterocycles. The third-order valence-electron chi connectivity index (χ3n) is 8.28. The number of allylic oxidation sites excluding steroid dienone is 2. The molecule has 0 N–H and O–H groups in total. The highest BCUT2D eigenvalue weighted by atomic mass is 19.4. The van der Waals surface area contributed by atoms with Gasteiger partial charge in [0.15, 0.2) is 0 Å². The molecule has 2 atom stereocenters. The van der Waals surface area contributed by atoms with Gasteiger partial charge in [-0.2, -0.15) is 52.7 Å². The molecule has 0 aromatic carbocycles. The summed E-state index contributed by atoms with van der Waals surface area (Å²) in [5.41, 5.74) is -5.14. The lowest BCUT2D eigenvalue weighted by Gasteiger charge is -2.41. The van der Waals surface area contributed by atoms with Gasteiger partial charge < -0.3 is 4.74 Å². The van der Waals surface area contributed by atoms with Crippen LogP contribution in [-0.2, 0) is 4.74 Å². The van der Waals surface area contributed by atoms with E-state index >= 15 is 0 Å². The van der Waals surface area contributed by atoms with Crippen LogP contribution in [0, 0.1) is 34.5 Å². The molecule has 0 amide bonds. The Morgan fingerprint density at radius 2 is 0.703 bits per heavy atom. The van der Waals surface area contributed by atoms with Crippen LogP contribution in [0.5, 0.6) is 0 Å². The highest BCUT2D eigenvalue weighted by Gasteiger charge is 2.57. The van der Waals surface area contributed by atoms with Gasteiger partial charge in [-0.15, -0.1) is 0 Å². The standard InChI is InChI=1S/C24H30F12O/c1-19(23(31,32)33,15-3-7-17(8-4-15)21(25,26)27)11-13-37-14-12-20(2,24(34,35)36)16-5-9-18(10-6-16)22(28,29)30/h11-18H,3-10H2,1-2H3. The first-order valence-corrected chi connectivity index (χ1v) is 11.9. The Labute approximate surface area is 207 Å². The van der Waals surface area contributed by atoms with E-state index in [1.807, 2.05) is 0 Å². The molecule has 37 heavy (non-hydrogen) atoms. The molecule has 2 rings (SSSR count). The molecule has 2 unspecified atom stereocenters. The van der Waals surface area contributed by atoms with Crippen molar-refractivity contribution in [3.63, 3.8) is 0 Å². The van der Waals surface area contributed by atoms with E-state index in [1.165, 1.54) is 0 Å². The van der Waals surface area contributed by atoms with Gasteiger partial charge in [-0.1, -0.05) is 0 Å². The first-order chi connectivity index (χ1) is 16.6. The monoisotopic (exact) mass is 562 g/mol. The van der Waals surface area contributed by atoms with Crippen LogP contribution in [0.4, 0.5) is 52.7 Å². The topological polar surface area (TPSA) is 9.23 Å². The molecule has 2 fully saturated rings. The van der Waals surface area contributed by atoms with Crippen LogP contribution < -0.4 is 0 Å². The van der Waals surface area contributed by atoms with Crippen LogP contribution in [0.1, 0.15) is 65.2 Å². The van der Waals surface area contributed by atoms with Crippen molar-refractivity contribution >= 4 is 0 Å². The lowest BCUT2D eigenvalue weighted by atomic mass is 9.67. The smallest absolute Gasteiger partial charge is 0.397 e. The molecule has 13 heteroatoms. The average Bonchev–Trinajstić information content (AvgIpc) is 2.76. The fourth-order valence-corrected chi connectivity index (χ4v) is 5.37. The summed E-state index contributed by atoms with van der Waals surface area (Å²) < 4.78 is 165. The van der Waals surface area contributed by atoms with Crippen LogP contribution >= 0.6 is 0 Å². The Morgan fingerprint density at radius 3 is 0.919 bits per heavy atom. The first-order valence-electron chi connectivity index (χ1n) is 11.9. The van der Waals surface area contributed by atoms with E-state index in [9.17, 15) is 52.7 Å². The van der Waals surface area contributed by atoms with Crippen molar-refractivity contribution in [2.24, 2.45) is 34.5 Å². The molecule has 2 aliphatic carbocycles. The van der Waals surface area contributed by atoms with Crippen LogP contribution in [0.3, 0.4) is 0 Å². The van der Waals surface area contributed by atoms with Crippen molar-refractivity contribution in [1.29, 1.82) is 0 Å². The molecule has 2 aliphatic rings. The molecule has 0 radical (unpaired) electrons. The summed E-state index contributed by atoms with van der Waals surface area (Å²) in [5.74, 6) is -5.73. The van der Waals surface area contributed by atoms with Crippen molar-refractivity contribution in [3.05, 3.63) is 24.7 Å². The number of alkyl halides is 12. The van der Waals surface area contributed by atoms with Gasteiger partial charge in [0.2, 0.25) is 0 Å². The second-order valence-corrected chi connectivity index (χ2v) is 10.5. The van der Waals surface area contributed by atoms with E-state index in [1.54, 1.807) is 0 Å². The van der Waals surface area contributed by atoms with Gasteiger partial charge in [0.05, 0.1) is 35.2 Å². The van der Waals surface area contributed by atoms with E-state index in [-0.39, 0.29) is 25.7 Å². The fraction of sp³-hybridized carbons (Fsp3) is 0.833. The van der Waals surface area contributed by atoms with Crippen LogP contribution in [0.15, 0.2) is 24.7 Å². The SMILES string of the molecule is CC(C=COC=CC(C)(C1CCC(C(F)(F)F)CC1)C(F)(F)F)(C1CCC(C(F)(F)F)CC1)C(F)(F)F. The number of hydrogen-bond donors (Lipinski definition) is 0. The third kappa shape index (κ3) is 7.30. The lowest BCUT2D eigenvalue weighted by Crippen LogP contribution is -2.43. The van der Waals surface area contributed by atoms with Crippen molar-refractivity contribution in [1.82, 2.24) is 0 Å². The highest BCUT2D eigenvalue weighted by Crippen LogP contribution is 2.54. The molecule has 2 saturated carbocycles. The van der Waals surface area contributed by atoms with Gasteiger partial charge in [0.25, 0.3) is 0 Å². The summed E-state index contributed by atoms with van der Waals surface area (Å²) in [5, 5.41) is 0. The third-order valence-corrected chi connectivity index (χ3v) is 8.28. The molecule has 0 saturated heterocycles. The molecule has 0 bridgehead atoms. The van der Waals surface area contributed by atoms with Gasteiger partial charge >= 0.3 is 24.7 Å². The first kappa shape index (κ1) is 31.7. The second-order valence-electron chi connectivity index (χ2n) is 10.5. The zero-order chi connectivity index (χ0) is 28.5. The summed E-state index contributed by atoms with van der Waals surface area (Å²) in [7, 11) is 0. The summed E-state index contributed by atoms with van der Waals surface area (Å²) in [4.78, 5) is 0. The number of hydrogen-bond acceptors (Lipinski definition) is 1. The predicted molar refractivity (Wildman–Crippen MR) is 111 cm³/mol. The zero-order valence-corrected chi connectivity index (χ0v) is 20.2. The minimum atomic E-state index is -4.86. The van der Waals surface area contributed by atoms with E-state index in [4.69, 9.17) is 4.74 Å². The van der Waals surface area contributed by atoms with Crippen molar-refractivity contribution in [2.75, 3.05) is 0 Å². The van der Waals surface area contributed by atoms with Crippen molar-refractivity contribution < 1.29 is 57.4 Å². The Morgan fingerprint density at radius 1 is 0.459 bits per heavy atom. The summed E-state index contributed by atoms with van der Waals surface area (Å²) in [6.07, 6.45) is -19.6. The maximum atomic E-state index is 13.9. The van der Waals surface area contributed by atoms with Gasteiger partial charge in [-0.05, 0) is 89.2 Å². The van der Waals surface area contributed by atoms with E-state index in [2.05, 4.69) is 0 Å². The minimum Gasteiger partial charge on any atom is -0.473 e. The van der Waals surface area contributed by atoms with Crippen LogP contribution in [0.2, 0.25) is 0 Å². The molecule has 0 spiro atoms. The predicted octanol–water partition coefficient (Wildman–Crippen LogP) is 9.90. The van der Waals surface area contributed by atoms with Gasteiger partial charge in [0, 0.05) is 0 Å². The number of ether oxygens (including phenoxy) is 1. The quantitative estimate of drug-likeness (QED) is 0.231. The van der Waals surface area contributed by atoms with E-state index < -0.39 is 84.9 Å². The van der Waals surface area contributed by atoms with Crippen molar-refractivity contribution in [3.8, 4) is 0 Å². The second kappa shape index (κ2) is 10.9. The number of rotatable bonds is 6. The van der Waals surface area contributed by atoms with E-state index in [0.29, 0.717) is 24.7 Å². The normalized spacial score (nSPS) is 30.3. The Hall–Kier alpha value is -1.56. The molecule has 0 aromatic heterocycles. The Bertz CT molecular complexity index is 725. The highest BCUT2D eigenvalue weighted by molar-refractivity contribution is 5.07. The largest absolute Gasteiger partial charge is 0.473 e. The molecule has 0 heterocycles. The van der Waals surface area contributed by atoms with Crippen LogP contribution in [-0.4, -0.2) is 24.7 Å². The minimum absolute atomic E-state index is 0.340. The Kier molecular flexibility index (Phi) is 9.33. The van der Waals surface area contributed by atoms with Crippen molar-refractivity contribution in [2.45, 2.75) is 89.9 Å². The summed E-state index contributed by atoms with van der Waals surface area (Å²) in [6.45, 7) is 1.60. The Balaban J connectivity index is 2.12. The zero-order valence-electron chi connectivity index (χ0n) is 20.2. The number of halogens is 12.